The van der Waals surface area contributed by atoms with Gasteiger partial charge in [0.2, 0.25) is 5.91 Å². The van der Waals surface area contributed by atoms with Crippen molar-refractivity contribution in [2.75, 3.05) is 6.54 Å². The predicted molar refractivity (Wildman–Crippen MR) is 78.8 cm³/mol. The largest absolute Gasteiger partial charge is 0.480 e. The van der Waals surface area contributed by atoms with Crippen molar-refractivity contribution in [2.24, 2.45) is 5.41 Å². The molecule has 1 amide bonds. The molecule has 0 atom stereocenters. The van der Waals surface area contributed by atoms with Gasteiger partial charge in [-0.2, -0.15) is 0 Å². The lowest BCUT2D eigenvalue weighted by atomic mass is 9.78. The van der Waals surface area contributed by atoms with Gasteiger partial charge in [-0.3, -0.25) is 9.59 Å². The molecule has 0 aliphatic heterocycles. The van der Waals surface area contributed by atoms with Crippen molar-refractivity contribution in [3.05, 3.63) is 35.4 Å². The third kappa shape index (κ3) is 2.71. The molecule has 0 heterocycles. The Bertz CT molecular complexity index is 649. The fourth-order valence-corrected chi connectivity index (χ4v) is 3.59. The molecule has 0 aromatic heterocycles. The first-order valence-corrected chi connectivity index (χ1v) is 7.87. The standard InChI is InChI=1S/C17H19F2NO3/c18-11-3-4-12(13(19)9-11)16(5-1-2-6-16)10-20-14(21)17(7-8-17)15(22)23/h3-4,9H,1-2,5-8,10H2,(H,20,21)(H,22,23). The Labute approximate surface area is 132 Å². The Morgan fingerprint density at radius 1 is 1.13 bits per heavy atom. The highest BCUT2D eigenvalue weighted by Gasteiger charge is 2.57. The zero-order valence-electron chi connectivity index (χ0n) is 12.7. The first-order valence-electron chi connectivity index (χ1n) is 7.87. The molecular weight excluding hydrogens is 304 g/mol. The zero-order valence-corrected chi connectivity index (χ0v) is 12.7. The third-order valence-electron chi connectivity index (χ3n) is 5.24. The van der Waals surface area contributed by atoms with Gasteiger partial charge in [-0.1, -0.05) is 18.9 Å². The van der Waals surface area contributed by atoms with Gasteiger partial charge in [0, 0.05) is 18.0 Å². The molecule has 1 aromatic rings. The zero-order chi connectivity index (χ0) is 16.7. The highest BCUT2D eigenvalue weighted by Crippen LogP contribution is 2.47. The molecule has 0 unspecified atom stereocenters. The van der Waals surface area contributed by atoms with Crippen molar-refractivity contribution in [1.82, 2.24) is 5.32 Å². The van der Waals surface area contributed by atoms with Gasteiger partial charge in [0.25, 0.3) is 0 Å². The van der Waals surface area contributed by atoms with Gasteiger partial charge in [0.1, 0.15) is 17.0 Å². The molecule has 0 spiro atoms. The lowest BCUT2D eigenvalue weighted by Gasteiger charge is -2.31. The molecule has 124 valence electrons. The molecule has 4 nitrogen and oxygen atoms in total. The van der Waals surface area contributed by atoms with E-state index in [0.29, 0.717) is 31.2 Å². The van der Waals surface area contributed by atoms with Crippen molar-refractivity contribution in [3.63, 3.8) is 0 Å². The smallest absolute Gasteiger partial charge is 0.319 e. The lowest BCUT2D eigenvalue weighted by Crippen LogP contribution is -2.44. The maximum atomic E-state index is 14.2. The summed E-state index contributed by atoms with van der Waals surface area (Å²) in [4.78, 5) is 23.4. The number of carbonyl (C=O) groups is 2. The van der Waals surface area contributed by atoms with Crippen LogP contribution in [0.2, 0.25) is 0 Å². The van der Waals surface area contributed by atoms with Crippen LogP contribution >= 0.6 is 0 Å². The second-order valence-electron chi connectivity index (χ2n) is 6.68. The number of hydrogen-bond donors (Lipinski definition) is 2. The molecule has 2 aliphatic rings. The summed E-state index contributed by atoms with van der Waals surface area (Å²) < 4.78 is 27.4. The van der Waals surface area contributed by atoms with Crippen LogP contribution in [-0.4, -0.2) is 23.5 Å². The van der Waals surface area contributed by atoms with Crippen LogP contribution in [0.1, 0.15) is 44.1 Å². The highest BCUT2D eigenvalue weighted by molar-refractivity contribution is 6.04. The van der Waals surface area contributed by atoms with Crippen LogP contribution in [0.15, 0.2) is 18.2 Å². The summed E-state index contributed by atoms with van der Waals surface area (Å²) in [6.07, 6.45) is 3.86. The third-order valence-corrected chi connectivity index (χ3v) is 5.24. The number of rotatable bonds is 5. The second-order valence-corrected chi connectivity index (χ2v) is 6.68. The van der Waals surface area contributed by atoms with Gasteiger partial charge in [-0.25, -0.2) is 8.78 Å². The van der Waals surface area contributed by atoms with E-state index in [2.05, 4.69) is 5.32 Å². The Morgan fingerprint density at radius 3 is 2.30 bits per heavy atom. The van der Waals surface area contributed by atoms with Gasteiger partial charge < -0.3 is 10.4 Å². The van der Waals surface area contributed by atoms with Gasteiger partial charge in [-0.05, 0) is 37.3 Å². The summed E-state index contributed by atoms with van der Waals surface area (Å²) in [5.41, 5.74) is -1.49. The van der Waals surface area contributed by atoms with Crippen LogP contribution in [0, 0.1) is 17.0 Å². The lowest BCUT2D eigenvalue weighted by molar-refractivity contribution is -0.149. The molecule has 1 aromatic carbocycles. The van der Waals surface area contributed by atoms with Gasteiger partial charge in [0.15, 0.2) is 0 Å². The minimum absolute atomic E-state index is 0.184. The summed E-state index contributed by atoms with van der Waals surface area (Å²) in [7, 11) is 0. The van der Waals surface area contributed by atoms with Gasteiger partial charge in [0.05, 0.1) is 0 Å². The molecule has 2 aliphatic carbocycles. The molecule has 0 bridgehead atoms. The molecule has 2 saturated carbocycles. The molecule has 23 heavy (non-hydrogen) atoms. The number of nitrogens with one attached hydrogen (secondary N) is 1. The van der Waals surface area contributed by atoms with E-state index in [4.69, 9.17) is 5.11 Å². The Hall–Kier alpha value is -1.98. The quantitative estimate of drug-likeness (QED) is 0.819. The van der Waals surface area contributed by atoms with Crippen LogP contribution in [0.3, 0.4) is 0 Å². The van der Waals surface area contributed by atoms with Crippen molar-refractivity contribution in [1.29, 1.82) is 0 Å². The number of amides is 1. The van der Waals surface area contributed by atoms with E-state index in [0.717, 1.165) is 18.9 Å². The van der Waals surface area contributed by atoms with Crippen molar-refractivity contribution in [3.8, 4) is 0 Å². The minimum atomic E-state index is -1.30. The molecule has 2 N–H and O–H groups in total. The number of hydrogen-bond acceptors (Lipinski definition) is 2. The maximum absolute atomic E-state index is 14.2. The monoisotopic (exact) mass is 323 g/mol. The average Bonchev–Trinajstić information content (AvgIpc) is 3.19. The summed E-state index contributed by atoms with van der Waals surface area (Å²) in [6, 6.07) is 3.52. The first kappa shape index (κ1) is 15.9. The van der Waals surface area contributed by atoms with E-state index < -0.39 is 34.3 Å². The molecule has 6 heteroatoms. The van der Waals surface area contributed by atoms with E-state index in [9.17, 15) is 18.4 Å². The first-order chi connectivity index (χ1) is 10.9. The van der Waals surface area contributed by atoms with E-state index in [1.54, 1.807) is 0 Å². The fourth-order valence-electron chi connectivity index (χ4n) is 3.59. The summed E-state index contributed by atoms with van der Waals surface area (Å²) >= 11 is 0. The number of benzene rings is 1. The Balaban J connectivity index is 1.79. The molecule has 0 radical (unpaired) electrons. The summed E-state index contributed by atoms with van der Waals surface area (Å²) in [5.74, 6) is -2.85. The van der Waals surface area contributed by atoms with Crippen molar-refractivity contribution in [2.45, 2.75) is 43.9 Å². The number of carbonyl (C=O) groups excluding carboxylic acids is 1. The van der Waals surface area contributed by atoms with Crippen LogP contribution in [0.5, 0.6) is 0 Å². The maximum Gasteiger partial charge on any atom is 0.319 e. The van der Waals surface area contributed by atoms with Crippen molar-refractivity contribution < 1.29 is 23.5 Å². The fraction of sp³-hybridized carbons (Fsp3) is 0.529. The molecule has 0 saturated heterocycles. The van der Waals surface area contributed by atoms with Crippen LogP contribution in [-0.2, 0) is 15.0 Å². The molecular formula is C17H19F2NO3. The molecule has 3 rings (SSSR count). The minimum Gasteiger partial charge on any atom is -0.480 e. The van der Waals surface area contributed by atoms with Gasteiger partial charge in [-0.15, -0.1) is 0 Å². The van der Waals surface area contributed by atoms with Crippen LogP contribution in [0.4, 0.5) is 8.78 Å². The molecule has 2 fully saturated rings. The number of halogens is 2. The van der Waals surface area contributed by atoms with E-state index in [1.807, 2.05) is 0 Å². The van der Waals surface area contributed by atoms with Crippen LogP contribution in [0.25, 0.3) is 0 Å². The highest BCUT2D eigenvalue weighted by atomic mass is 19.1. The second kappa shape index (κ2) is 5.58. The number of carboxylic acid groups (broad SMARTS) is 1. The van der Waals surface area contributed by atoms with E-state index in [-0.39, 0.29) is 6.54 Å². The topological polar surface area (TPSA) is 66.4 Å². The number of aliphatic carboxylic acids is 1. The van der Waals surface area contributed by atoms with Crippen LogP contribution < -0.4 is 5.32 Å². The summed E-state index contributed by atoms with van der Waals surface area (Å²) in [6.45, 7) is 0.184. The SMILES string of the molecule is O=C(O)C1(C(=O)NCC2(c3ccc(F)cc3F)CCCC2)CC1. The van der Waals surface area contributed by atoms with Gasteiger partial charge >= 0.3 is 5.97 Å². The summed E-state index contributed by atoms with van der Waals surface area (Å²) in [5, 5.41) is 11.9. The van der Waals surface area contributed by atoms with E-state index in [1.165, 1.54) is 12.1 Å². The Morgan fingerprint density at radius 2 is 1.78 bits per heavy atom. The Kier molecular flexibility index (Phi) is 3.86. The normalized spacial score (nSPS) is 21.0. The predicted octanol–water partition coefficient (Wildman–Crippen LogP) is 2.76. The van der Waals surface area contributed by atoms with E-state index >= 15 is 0 Å². The number of carboxylic acids is 1. The van der Waals surface area contributed by atoms with Crippen molar-refractivity contribution >= 4 is 11.9 Å². The average molecular weight is 323 g/mol.